The third-order valence-electron chi connectivity index (χ3n) is 5.07. The summed E-state index contributed by atoms with van der Waals surface area (Å²) in [7, 11) is 1.62. The summed E-state index contributed by atoms with van der Waals surface area (Å²) in [5.41, 5.74) is 2.35. The predicted octanol–water partition coefficient (Wildman–Crippen LogP) is 3.71. The Morgan fingerprint density at radius 3 is 2.55 bits per heavy atom. The molecule has 7 nitrogen and oxygen atoms in total. The summed E-state index contributed by atoms with van der Waals surface area (Å²) >= 11 is 0. The Labute approximate surface area is 169 Å². The number of methoxy groups -OCH3 is 1. The molecular formula is C22H24N4O3. The van der Waals surface area contributed by atoms with Crippen LogP contribution in [0, 0.1) is 5.41 Å². The summed E-state index contributed by atoms with van der Waals surface area (Å²) in [6.45, 7) is 3.92. The van der Waals surface area contributed by atoms with E-state index in [4.69, 9.17) is 14.9 Å². The quantitative estimate of drug-likeness (QED) is 0.640. The van der Waals surface area contributed by atoms with Crippen LogP contribution in [0.5, 0.6) is 11.5 Å². The number of aromatic nitrogens is 2. The second-order valence-electron chi connectivity index (χ2n) is 6.78. The van der Waals surface area contributed by atoms with E-state index in [1.165, 1.54) is 0 Å². The van der Waals surface area contributed by atoms with E-state index in [-0.39, 0.29) is 18.1 Å². The molecule has 2 aromatic carbocycles. The van der Waals surface area contributed by atoms with Crippen molar-refractivity contribution in [3.8, 4) is 11.5 Å². The van der Waals surface area contributed by atoms with Crippen molar-refractivity contribution < 1.29 is 14.6 Å². The van der Waals surface area contributed by atoms with Gasteiger partial charge in [-0.1, -0.05) is 12.1 Å². The van der Waals surface area contributed by atoms with Gasteiger partial charge in [0.05, 0.1) is 36.8 Å². The monoisotopic (exact) mass is 392 g/mol. The summed E-state index contributed by atoms with van der Waals surface area (Å²) in [4.78, 5) is 6.48. The molecular weight excluding hydrogens is 368 g/mol. The summed E-state index contributed by atoms with van der Waals surface area (Å²) < 4.78 is 12.9. The van der Waals surface area contributed by atoms with Gasteiger partial charge < -0.3 is 24.0 Å². The third-order valence-corrected chi connectivity index (χ3v) is 5.07. The Bertz CT molecular complexity index is 1070. The normalized spacial score (nSPS) is 14.1. The zero-order valence-corrected chi connectivity index (χ0v) is 16.6. The predicted molar refractivity (Wildman–Crippen MR) is 113 cm³/mol. The second kappa shape index (κ2) is 7.87. The topological polar surface area (TPSA) is 83.6 Å². The Balaban J connectivity index is 1.47. The number of aryl methyl sites for hydroxylation is 1. The zero-order valence-electron chi connectivity index (χ0n) is 16.6. The fourth-order valence-corrected chi connectivity index (χ4v) is 3.59. The summed E-state index contributed by atoms with van der Waals surface area (Å²) in [5.74, 6) is 2.59. The zero-order chi connectivity index (χ0) is 20.4. The molecule has 0 atom stereocenters. The molecule has 1 aromatic heterocycles. The first kappa shape index (κ1) is 18.9. The smallest absolute Gasteiger partial charge is 0.148 e. The fourth-order valence-electron chi connectivity index (χ4n) is 3.59. The lowest BCUT2D eigenvalue weighted by atomic mass is 10.2. The van der Waals surface area contributed by atoms with E-state index in [1.54, 1.807) is 12.0 Å². The minimum Gasteiger partial charge on any atom is -0.510 e. The van der Waals surface area contributed by atoms with E-state index in [9.17, 15) is 5.11 Å². The lowest BCUT2D eigenvalue weighted by Crippen LogP contribution is -2.31. The van der Waals surface area contributed by atoms with Crippen molar-refractivity contribution in [2.24, 2.45) is 0 Å². The van der Waals surface area contributed by atoms with Gasteiger partial charge in [0, 0.05) is 6.54 Å². The van der Waals surface area contributed by atoms with Crippen LogP contribution in [0.25, 0.3) is 16.6 Å². The van der Waals surface area contributed by atoms with Crippen LogP contribution < -0.4 is 9.47 Å². The molecule has 0 bridgehead atoms. The number of hydrogen-bond acceptors (Lipinski definition) is 5. The number of para-hydroxylation sites is 2. The van der Waals surface area contributed by atoms with Crippen LogP contribution in [-0.4, -0.2) is 52.2 Å². The van der Waals surface area contributed by atoms with E-state index in [0.29, 0.717) is 31.1 Å². The van der Waals surface area contributed by atoms with Crippen molar-refractivity contribution in [1.29, 1.82) is 5.41 Å². The Hall–Kier alpha value is -3.48. The molecule has 0 spiro atoms. The van der Waals surface area contributed by atoms with Gasteiger partial charge in [0.2, 0.25) is 0 Å². The molecule has 0 fully saturated rings. The van der Waals surface area contributed by atoms with Gasteiger partial charge in [-0.05, 0) is 43.3 Å². The van der Waals surface area contributed by atoms with Crippen LogP contribution in [0.2, 0.25) is 0 Å². The summed E-state index contributed by atoms with van der Waals surface area (Å²) in [5, 5.41) is 19.2. The van der Waals surface area contributed by atoms with Crippen molar-refractivity contribution in [1.82, 2.24) is 14.5 Å². The minimum atomic E-state index is 0.171. The molecule has 0 saturated heterocycles. The number of imidazole rings is 1. The molecule has 4 rings (SSSR count). The van der Waals surface area contributed by atoms with Crippen molar-refractivity contribution >= 4 is 22.4 Å². The lowest BCUT2D eigenvalue weighted by Gasteiger charge is -2.19. The van der Waals surface area contributed by atoms with E-state index < -0.39 is 0 Å². The number of ether oxygens (including phenoxy) is 2. The number of amidine groups is 1. The fraction of sp³-hybridized carbons (Fsp3) is 0.273. The molecule has 3 aromatic rings. The molecule has 1 aliphatic rings. The van der Waals surface area contributed by atoms with Gasteiger partial charge in [-0.25, -0.2) is 4.98 Å². The van der Waals surface area contributed by atoms with Crippen LogP contribution in [0.15, 0.2) is 54.3 Å². The van der Waals surface area contributed by atoms with Crippen molar-refractivity contribution in [3.63, 3.8) is 0 Å². The molecule has 0 amide bonds. The molecule has 29 heavy (non-hydrogen) atoms. The van der Waals surface area contributed by atoms with E-state index in [1.807, 2.05) is 60.0 Å². The highest BCUT2D eigenvalue weighted by Crippen LogP contribution is 2.29. The number of rotatable bonds is 7. The van der Waals surface area contributed by atoms with Crippen molar-refractivity contribution in [2.75, 3.05) is 26.8 Å². The first-order valence-electron chi connectivity index (χ1n) is 9.60. The third kappa shape index (κ3) is 3.51. The first-order chi connectivity index (χ1) is 14.1. The first-order valence-corrected chi connectivity index (χ1v) is 9.60. The molecule has 7 heteroatoms. The maximum absolute atomic E-state index is 10.6. The highest BCUT2D eigenvalue weighted by molar-refractivity contribution is 6.23. The van der Waals surface area contributed by atoms with Crippen LogP contribution in [0.3, 0.4) is 0 Å². The van der Waals surface area contributed by atoms with Gasteiger partial charge in [-0.15, -0.1) is 0 Å². The highest BCUT2D eigenvalue weighted by Gasteiger charge is 2.31. The van der Waals surface area contributed by atoms with E-state index in [2.05, 4.69) is 4.98 Å². The Morgan fingerprint density at radius 1 is 1.10 bits per heavy atom. The van der Waals surface area contributed by atoms with Crippen molar-refractivity contribution in [3.05, 3.63) is 60.1 Å². The summed E-state index contributed by atoms with van der Waals surface area (Å²) in [6.07, 6.45) is 0. The van der Waals surface area contributed by atoms with Gasteiger partial charge in [-0.2, -0.15) is 0 Å². The number of benzene rings is 2. The molecule has 0 radical (unpaired) electrons. The number of nitrogens with zero attached hydrogens (tertiary/aromatic N) is 3. The molecule has 0 aliphatic carbocycles. The molecule has 150 valence electrons. The summed E-state index contributed by atoms with van der Waals surface area (Å²) in [6, 6.07) is 15.2. The average molecular weight is 392 g/mol. The molecule has 1 aliphatic heterocycles. The Kier molecular flexibility index (Phi) is 5.12. The van der Waals surface area contributed by atoms with Crippen molar-refractivity contribution in [2.45, 2.75) is 13.5 Å². The van der Waals surface area contributed by atoms with Gasteiger partial charge in [-0.3, -0.25) is 5.41 Å². The molecule has 2 heterocycles. The number of fused-ring (bicyclic) bond motifs is 1. The average Bonchev–Trinajstić information content (AvgIpc) is 3.24. The Morgan fingerprint density at radius 2 is 1.83 bits per heavy atom. The largest absolute Gasteiger partial charge is 0.510 e. The SMILES string of the molecule is CCn1c(C2=C(O)CN(CCOc3ccc(OC)cc3)C2=N)nc2ccccc21. The lowest BCUT2D eigenvalue weighted by molar-refractivity contribution is 0.265. The minimum absolute atomic E-state index is 0.171. The highest BCUT2D eigenvalue weighted by atomic mass is 16.5. The van der Waals surface area contributed by atoms with Gasteiger partial charge >= 0.3 is 0 Å². The van der Waals surface area contributed by atoms with E-state index >= 15 is 0 Å². The van der Waals surface area contributed by atoms with Gasteiger partial charge in [0.1, 0.15) is 35.5 Å². The van der Waals surface area contributed by atoms with Crippen LogP contribution >= 0.6 is 0 Å². The van der Waals surface area contributed by atoms with Crippen LogP contribution in [0.4, 0.5) is 0 Å². The van der Waals surface area contributed by atoms with Gasteiger partial charge in [0.25, 0.3) is 0 Å². The van der Waals surface area contributed by atoms with Crippen LogP contribution in [0.1, 0.15) is 12.7 Å². The number of aliphatic hydroxyl groups excluding tert-OH is 1. The van der Waals surface area contributed by atoms with E-state index in [0.717, 1.165) is 22.5 Å². The maximum atomic E-state index is 10.6. The number of hydrogen-bond donors (Lipinski definition) is 2. The number of nitrogens with one attached hydrogen (secondary N) is 1. The maximum Gasteiger partial charge on any atom is 0.148 e. The second-order valence-corrected chi connectivity index (χ2v) is 6.78. The molecule has 0 saturated carbocycles. The standard InChI is InChI=1S/C22H24N4O3/c1-3-26-18-7-5-4-6-17(18)24-22(26)20-19(27)14-25(21(20)23)12-13-29-16-10-8-15(28-2)9-11-16/h4-11,23,27H,3,12-14H2,1-2H3. The van der Waals surface area contributed by atoms with Crippen LogP contribution in [-0.2, 0) is 6.54 Å². The van der Waals surface area contributed by atoms with Gasteiger partial charge in [0.15, 0.2) is 0 Å². The molecule has 2 N–H and O–H groups in total. The number of aliphatic hydroxyl groups is 1. The molecule has 0 unspecified atom stereocenters.